The topological polar surface area (TPSA) is 117 Å². The quantitative estimate of drug-likeness (QED) is 0.676. The van der Waals surface area contributed by atoms with E-state index in [4.69, 9.17) is 10.5 Å². The largest absolute Gasteiger partial charge is 0.374 e. The van der Waals surface area contributed by atoms with E-state index in [9.17, 15) is 4.79 Å². The van der Waals surface area contributed by atoms with Gasteiger partial charge in [-0.15, -0.1) is 5.10 Å². The van der Waals surface area contributed by atoms with Gasteiger partial charge in [0, 0.05) is 32.2 Å². The third-order valence-corrected chi connectivity index (χ3v) is 4.00. The van der Waals surface area contributed by atoms with Crippen LogP contribution >= 0.6 is 0 Å². The number of rotatable bonds is 7. The Balaban J connectivity index is 1.58. The van der Waals surface area contributed by atoms with Crippen LogP contribution in [0, 0.1) is 0 Å². The Hall–Kier alpha value is -2.33. The van der Waals surface area contributed by atoms with Crippen LogP contribution in [-0.2, 0) is 17.8 Å². The second-order valence-corrected chi connectivity index (χ2v) is 5.72. The molecule has 0 aliphatic carbocycles. The van der Waals surface area contributed by atoms with Crippen LogP contribution < -0.4 is 16.2 Å². The van der Waals surface area contributed by atoms with Gasteiger partial charge in [-0.1, -0.05) is 0 Å². The molecule has 3 rings (SSSR count). The Bertz CT molecular complexity index is 684. The Morgan fingerprint density at radius 3 is 3.04 bits per heavy atom. The van der Waals surface area contributed by atoms with Gasteiger partial charge >= 0.3 is 0 Å². The second kappa shape index (κ2) is 7.97. The van der Waals surface area contributed by atoms with Crippen LogP contribution in [0.1, 0.15) is 12.8 Å². The number of nitrogens with two attached hydrogens (primary N) is 1. The maximum atomic E-state index is 12.3. The number of morpholine rings is 1. The van der Waals surface area contributed by atoms with Gasteiger partial charge in [0.15, 0.2) is 0 Å². The summed E-state index contributed by atoms with van der Waals surface area (Å²) in [6.07, 6.45) is 4.95. The van der Waals surface area contributed by atoms with Gasteiger partial charge in [-0.25, -0.2) is 9.36 Å². The molecule has 10 heteroatoms. The van der Waals surface area contributed by atoms with E-state index in [1.165, 1.54) is 4.68 Å². The first-order valence-electron chi connectivity index (χ1n) is 8.11. The van der Waals surface area contributed by atoms with E-state index in [2.05, 4.69) is 25.5 Å². The standard InChI is InChI=1S/C14H22N8O2/c15-3-2-13-10-20(6-7-24-13)12-8-14(23)22(17-9-12)5-1-4-21-11-16-18-19-21/h8-9,11,13H,1-7,10,15H2/t13-/m0/s1. The van der Waals surface area contributed by atoms with Crippen LogP contribution in [0.25, 0.3) is 0 Å². The minimum atomic E-state index is -0.105. The normalized spacial score (nSPS) is 18.0. The summed E-state index contributed by atoms with van der Waals surface area (Å²) in [5, 5.41) is 15.2. The summed E-state index contributed by atoms with van der Waals surface area (Å²) in [6, 6.07) is 1.63. The molecule has 1 fully saturated rings. The summed E-state index contributed by atoms with van der Waals surface area (Å²) in [6.45, 7) is 3.90. The molecular formula is C14H22N8O2. The average Bonchev–Trinajstić information content (AvgIpc) is 3.10. The lowest BCUT2D eigenvalue weighted by atomic mass is 10.2. The Kier molecular flexibility index (Phi) is 5.49. The highest BCUT2D eigenvalue weighted by Crippen LogP contribution is 2.16. The molecular weight excluding hydrogens is 312 g/mol. The maximum absolute atomic E-state index is 12.3. The third-order valence-electron chi connectivity index (χ3n) is 4.00. The number of hydrogen-bond acceptors (Lipinski definition) is 8. The van der Waals surface area contributed by atoms with Crippen molar-refractivity contribution >= 4 is 5.69 Å². The van der Waals surface area contributed by atoms with Gasteiger partial charge in [0.2, 0.25) is 0 Å². The number of anilines is 1. The number of ether oxygens (including phenoxy) is 1. The van der Waals surface area contributed by atoms with Gasteiger partial charge < -0.3 is 15.4 Å². The zero-order chi connectivity index (χ0) is 16.8. The van der Waals surface area contributed by atoms with E-state index in [0.717, 1.165) is 31.6 Å². The molecule has 0 aromatic carbocycles. The van der Waals surface area contributed by atoms with Crippen molar-refractivity contribution in [3.05, 3.63) is 28.9 Å². The molecule has 24 heavy (non-hydrogen) atoms. The van der Waals surface area contributed by atoms with Gasteiger partial charge in [0.1, 0.15) is 6.33 Å². The molecule has 2 aromatic rings. The maximum Gasteiger partial charge on any atom is 0.268 e. The van der Waals surface area contributed by atoms with Crippen molar-refractivity contribution in [3.8, 4) is 0 Å². The molecule has 0 unspecified atom stereocenters. The monoisotopic (exact) mass is 334 g/mol. The molecule has 1 atom stereocenters. The summed E-state index contributed by atoms with van der Waals surface area (Å²) in [4.78, 5) is 14.4. The minimum Gasteiger partial charge on any atom is -0.374 e. The molecule has 2 N–H and O–H groups in total. The fraction of sp³-hybridized carbons (Fsp3) is 0.643. The van der Waals surface area contributed by atoms with Crippen LogP contribution in [0.2, 0.25) is 0 Å². The van der Waals surface area contributed by atoms with Crippen LogP contribution in [0.5, 0.6) is 0 Å². The number of nitrogens with zero attached hydrogens (tertiary/aromatic N) is 7. The van der Waals surface area contributed by atoms with Crippen molar-refractivity contribution < 1.29 is 4.74 Å². The van der Waals surface area contributed by atoms with E-state index in [1.807, 2.05) is 0 Å². The molecule has 0 saturated carbocycles. The van der Waals surface area contributed by atoms with Crippen molar-refractivity contribution in [3.63, 3.8) is 0 Å². The first-order chi connectivity index (χ1) is 11.8. The molecule has 130 valence electrons. The summed E-state index contributed by atoms with van der Waals surface area (Å²) < 4.78 is 8.76. The summed E-state index contributed by atoms with van der Waals surface area (Å²) in [7, 11) is 0. The molecule has 2 aromatic heterocycles. The Morgan fingerprint density at radius 1 is 1.38 bits per heavy atom. The highest BCUT2D eigenvalue weighted by atomic mass is 16.5. The fourth-order valence-corrected chi connectivity index (χ4v) is 2.74. The van der Waals surface area contributed by atoms with Crippen molar-refractivity contribution in [2.45, 2.75) is 32.0 Å². The van der Waals surface area contributed by atoms with Gasteiger partial charge in [0.05, 0.1) is 24.6 Å². The second-order valence-electron chi connectivity index (χ2n) is 5.72. The number of aromatic nitrogens is 6. The van der Waals surface area contributed by atoms with Crippen molar-refractivity contribution in [2.75, 3.05) is 31.1 Å². The van der Waals surface area contributed by atoms with E-state index in [1.54, 1.807) is 23.3 Å². The highest BCUT2D eigenvalue weighted by molar-refractivity contribution is 5.43. The lowest BCUT2D eigenvalue weighted by Crippen LogP contribution is -2.43. The van der Waals surface area contributed by atoms with Gasteiger partial charge in [-0.2, -0.15) is 5.10 Å². The minimum absolute atomic E-state index is 0.105. The van der Waals surface area contributed by atoms with Crippen LogP contribution in [0.4, 0.5) is 5.69 Å². The predicted octanol–water partition coefficient (Wildman–Crippen LogP) is -1.13. The fourth-order valence-electron chi connectivity index (χ4n) is 2.74. The summed E-state index contributed by atoms with van der Waals surface area (Å²) in [5.74, 6) is 0. The van der Waals surface area contributed by atoms with E-state index >= 15 is 0 Å². The van der Waals surface area contributed by atoms with Gasteiger partial charge in [-0.05, 0) is 29.8 Å². The molecule has 0 radical (unpaired) electrons. The van der Waals surface area contributed by atoms with Crippen molar-refractivity contribution in [2.24, 2.45) is 5.73 Å². The molecule has 0 bridgehead atoms. The Labute approximate surface area is 139 Å². The van der Waals surface area contributed by atoms with Crippen LogP contribution in [-0.4, -0.2) is 62.3 Å². The predicted molar refractivity (Wildman–Crippen MR) is 86.6 cm³/mol. The molecule has 1 aliphatic rings. The average molecular weight is 334 g/mol. The first-order valence-corrected chi connectivity index (χ1v) is 8.11. The number of hydrogen-bond donors (Lipinski definition) is 1. The molecule has 1 aliphatic heterocycles. The van der Waals surface area contributed by atoms with Crippen molar-refractivity contribution in [1.82, 2.24) is 30.0 Å². The van der Waals surface area contributed by atoms with Crippen molar-refractivity contribution in [1.29, 1.82) is 0 Å². The van der Waals surface area contributed by atoms with Gasteiger partial charge in [0.25, 0.3) is 5.56 Å². The van der Waals surface area contributed by atoms with E-state index in [0.29, 0.717) is 26.2 Å². The summed E-state index contributed by atoms with van der Waals surface area (Å²) >= 11 is 0. The zero-order valence-corrected chi connectivity index (χ0v) is 13.5. The smallest absolute Gasteiger partial charge is 0.268 e. The molecule has 1 saturated heterocycles. The zero-order valence-electron chi connectivity index (χ0n) is 13.5. The Morgan fingerprint density at radius 2 is 2.29 bits per heavy atom. The lowest BCUT2D eigenvalue weighted by Gasteiger charge is -2.34. The van der Waals surface area contributed by atoms with Crippen LogP contribution in [0.3, 0.4) is 0 Å². The lowest BCUT2D eigenvalue weighted by molar-refractivity contribution is 0.0368. The molecule has 0 amide bonds. The molecule has 3 heterocycles. The number of aryl methyl sites for hydroxylation is 2. The molecule has 10 nitrogen and oxygen atoms in total. The first kappa shape index (κ1) is 16.5. The summed E-state index contributed by atoms with van der Waals surface area (Å²) in [5.41, 5.74) is 6.32. The molecule has 0 spiro atoms. The van der Waals surface area contributed by atoms with Gasteiger partial charge in [-0.3, -0.25) is 4.79 Å². The SMILES string of the molecule is NCC[C@H]1CN(c2cnn(CCCn3cnnn3)c(=O)c2)CCO1. The number of tetrazole rings is 1. The van der Waals surface area contributed by atoms with Crippen LogP contribution in [0.15, 0.2) is 23.4 Å². The third kappa shape index (κ3) is 4.15. The highest BCUT2D eigenvalue weighted by Gasteiger charge is 2.20. The van der Waals surface area contributed by atoms with E-state index in [-0.39, 0.29) is 11.7 Å². The van der Waals surface area contributed by atoms with E-state index < -0.39 is 0 Å².